The van der Waals surface area contributed by atoms with Crippen molar-refractivity contribution in [3.63, 3.8) is 0 Å². The number of halogens is 1. The molecular formula is C29H26FN7O2S. The molecule has 1 atom stereocenters. The van der Waals surface area contributed by atoms with Crippen LogP contribution >= 0.6 is 11.3 Å². The molecule has 6 rings (SSSR count). The van der Waals surface area contributed by atoms with Crippen molar-refractivity contribution >= 4 is 33.1 Å². The summed E-state index contributed by atoms with van der Waals surface area (Å²) in [4.78, 5) is 28.0. The highest BCUT2D eigenvalue weighted by Crippen LogP contribution is 2.36. The Kier molecular flexibility index (Phi) is 6.30. The van der Waals surface area contributed by atoms with E-state index in [9.17, 15) is 9.18 Å². The highest BCUT2D eigenvalue weighted by atomic mass is 32.1. The maximum atomic E-state index is 15.0. The standard InChI is InChI=1S/C29H26FN7O2S/c1-15(2)39-21-11-10-19(12-20(21)30)25-23-26(31)32-14-33-27(23)37(35-25)17(4)24-22(18-8-6-5-7-9-18)28(38)36-16(3)13-40-29(36)34-24/h5-15,17H,1-4H3,(H2,31,32,33)/t17-/m0/s1. The largest absolute Gasteiger partial charge is 0.488 e. The zero-order chi connectivity index (χ0) is 28.1. The minimum Gasteiger partial charge on any atom is -0.488 e. The molecule has 0 aliphatic heterocycles. The van der Waals surface area contributed by atoms with E-state index in [1.165, 1.54) is 23.7 Å². The third-order valence-electron chi connectivity index (χ3n) is 6.68. The maximum absolute atomic E-state index is 15.0. The van der Waals surface area contributed by atoms with Crippen molar-refractivity contribution in [2.75, 3.05) is 5.73 Å². The number of nitrogens with two attached hydrogens (primary N) is 1. The lowest BCUT2D eigenvalue weighted by molar-refractivity contribution is 0.231. The van der Waals surface area contributed by atoms with Crippen LogP contribution in [0.1, 0.15) is 38.2 Å². The number of aryl methyl sites for hydroxylation is 1. The van der Waals surface area contributed by atoms with E-state index >= 15 is 0 Å². The van der Waals surface area contributed by atoms with Crippen LogP contribution in [0.25, 0.3) is 38.4 Å². The van der Waals surface area contributed by atoms with Crippen molar-refractivity contribution in [1.82, 2.24) is 29.1 Å². The summed E-state index contributed by atoms with van der Waals surface area (Å²) in [6.45, 7) is 7.45. The molecule has 0 amide bonds. The van der Waals surface area contributed by atoms with Crippen LogP contribution in [0.2, 0.25) is 0 Å². The molecule has 0 saturated carbocycles. The Morgan fingerprint density at radius 2 is 1.82 bits per heavy atom. The molecule has 0 aliphatic carbocycles. The number of fused-ring (bicyclic) bond motifs is 2. The van der Waals surface area contributed by atoms with Crippen molar-refractivity contribution in [3.05, 3.63) is 87.8 Å². The van der Waals surface area contributed by atoms with Crippen LogP contribution < -0.4 is 16.0 Å². The van der Waals surface area contributed by atoms with Crippen molar-refractivity contribution in [1.29, 1.82) is 0 Å². The lowest BCUT2D eigenvalue weighted by atomic mass is 10.0. The molecule has 0 aliphatic rings. The molecule has 0 spiro atoms. The molecule has 4 aromatic heterocycles. The van der Waals surface area contributed by atoms with E-state index in [1.807, 2.05) is 63.4 Å². The first-order valence-electron chi connectivity index (χ1n) is 12.8. The molecular weight excluding hydrogens is 529 g/mol. The normalized spacial score (nSPS) is 12.4. The Morgan fingerprint density at radius 1 is 1.05 bits per heavy atom. The van der Waals surface area contributed by atoms with Gasteiger partial charge in [-0.2, -0.15) is 5.10 Å². The van der Waals surface area contributed by atoms with Crippen LogP contribution in [0.15, 0.2) is 65.0 Å². The summed E-state index contributed by atoms with van der Waals surface area (Å²) in [7, 11) is 0. The van der Waals surface area contributed by atoms with Crippen LogP contribution in [-0.4, -0.2) is 35.2 Å². The third kappa shape index (κ3) is 4.19. The van der Waals surface area contributed by atoms with Gasteiger partial charge in [0.25, 0.3) is 5.56 Å². The molecule has 0 bridgehead atoms. The van der Waals surface area contributed by atoms with Gasteiger partial charge < -0.3 is 10.5 Å². The van der Waals surface area contributed by atoms with Crippen molar-refractivity contribution in [3.8, 4) is 28.1 Å². The number of rotatable bonds is 6. The molecule has 0 unspecified atom stereocenters. The monoisotopic (exact) mass is 555 g/mol. The molecule has 2 N–H and O–H groups in total. The molecule has 2 aromatic carbocycles. The average molecular weight is 556 g/mol. The summed E-state index contributed by atoms with van der Waals surface area (Å²) < 4.78 is 23.9. The summed E-state index contributed by atoms with van der Waals surface area (Å²) in [5, 5.41) is 7.25. The molecule has 9 nitrogen and oxygen atoms in total. The van der Waals surface area contributed by atoms with Crippen LogP contribution in [0, 0.1) is 12.7 Å². The second kappa shape index (κ2) is 9.83. The van der Waals surface area contributed by atoms with Gasteiger partial charge in [0, 0.05) is 16.6 Å². The number of aromatic nitrogens is 6. The van der Waals surface area contributed by atoms with Gasteiger partial charge >= 0.3 is 0 Å². The van der Waals surface area contributed by atoms with Crippen LogP contribution in [0.5, 0.6) is 5.75 Å². The minimum absolute atomic E-state index is 0.150. The Hall–Kier alpha value is -4.64. The molecule has 0 fully saturated rings. The fourth-order valence-corrected chi connectivity index (χ4v) is 5.72. The Morgan fingerprint density at radius 3 is 2.55 bits per heavy atom. The zero-order valence-corrected chi connectivity index (χ0v) is 23.1. The van der Waals surface area contributed by atoms with Gasteiger partial charge in [0.1, 0.15) is 17.8 Å². The summed E-state index contributed by atoms with van der Waals surface area (Å²) >= 11 is 1.40. The second-order valence-electron chi connectivity index (χ2n) is 9.78. The molecule has 11 heteroatoms. The third-order valence-corrected chi connectivity index (χ3v) is 7.62. The van der Waals surface area contributed by atoms with Crippen LogP contribution in [0.4, 0.5) is 10.2 Å². The topological polar surface area (TPSA) is 113 Å². The number of benzene rings is 2. The predicted molar refractivity (Wildman–Crippen MR) is 154 cm³/mol. The van der Waals surface area contributed by atoms with Crippen LogP contribution in [-0.2, 0) is 0 Å². The first kappa shape index (κ1) is 25.6. The smallest absolute Gasteiger partial charge is 0.266 e. The number of anilines is 1. The summed E-state index contributed by atoms with van der Waals surface area (Å²) in [5.74, 6) is -0.157. The number of hydrogen-bond donors (Lipinski definition) is 1. The summed E-state index contributed by atoms with van der Waals surface area (Å²) in [6, 6.07) is 13.6. The molecule has 202 valence electrons. The lowest BCUT2D eigenvalue weighted by Crippen LogP contribution is -2.23. The maximum Gasteiger partial charge on any atom is 0.266 e. The lowest BCUT2D eigenvalue weighted by Gasteiger charge is -2.17. The summed E-state index contributed by atoms with van der Waals surface area (Å²) in [6.07, 6.45) is 1.18. The SMILES string of the molecule is Cc1csc2nc([C@H](C)n3nc(-c4ccc(OC(C)C)c(F)c4)c4c(N)ncnc43)c(-c3ccccc3)c(=O)n12. The molecule has 40 heavy (non-hydrogen) atoms. The second-order valence-corrected chi connectivity index (χ2v) is 10.6. The van der Waals surface area contributed by atoms with Crippen LogP contribution in [0.3, 0.4) is 0 Å². The minimum atomic E-state index is -0.533. The van der Waals surface area contributed by atoms with Crippen molar-refractivity contribution in [2.45, 2.75) is 39.8 Å². The van der Waals surface area contributed by atoms with Gasteiger partial charge in [-0.1, -0.05) is 30.3 Å². The van der Waals surface area contributed by atoms with E-state index in [0.29, 0.717) is 38.5 Å². The van der Waals surface area contributed by atoms with E-state index in [2.05, 4.69) is 9.97 Å². The number of nitrogens with zero attached hydrogens (tertiary/aromatic N) is 6. The molecule has 0 radical (unpaired) electrons. The predicted octanol–water partition coefficient (Wildman–Crippen LogP) is 5.66. The number of hydrogen-bond acceptors (Lipinski definition) is 8. The Labute approximate surface area is 232 Å². The number of ether oxygens (including phenoxy) is 1. The Balaban J connectivity index is 1.58. The first-order valence-corrected chi connectivity index (χ1v) is 13.6. The van der Waals surface area contributed by atoms with E-state index in [4.69, 9.17) is 20.6 Å². The van der Waals surface area contributed by atoms with E-state index < -0.39 is 11.9 Å². The van der Waals surface area contributed by atoms with Gasteiger partial charge in [-0.15, -0.1) is 11.3 Å². The van der Waals surface area contributed by atoms with E-state index in [1.54, 1.807) is 21.2 Å². The van der Waals surface area contributed by atoms with Gasteiger partial charge in [-0.3, -0.25) is 9.20 Å². The summed E-state index contributed by atoms with van der Waals surface area (Å²) in [5.41, 5.74) is 10.1. The highest BCUT2D eigenvalue weighted by Gasteiger charge is 2.27. The molecule has 4 heterocycles. The van der Waals surface area contributed by atoms with Gasteiger partial charge in [-0.05, 0) is 51.5 Å². The van der Waals surface area contributed by atoms with Crippen molar-refractivity contribution in [2.24, 2.45) is 0 Å². The van der Waals surface area contributed by atoms with Crippen molar-refractivity contribution < 1.29 is 9.13 Å². The van der Waals surface area contributed by atoms with Gasteiger partial charge in [0.2, 0.25) is 0 Å². The highest BCUT2D eigenvalue weighted by molar-refractivity contribution is 7.15. The number of nitrogen functional groups attached to an aromatic ring is 1. The average Bonchev–Trinajstić information content (AvgIpc) is 3.51. The fourth-order valence-electron chi connectivity index (χ4n) is 4.86. The molecule has 6 aromatic rings. The van der Waals surface area contributed by atoms with Gasteiger partial charge in [-0.25, -0.2) is 24.0 Å². The van der Waals surface area contributed by atoms with E-state index in [-0.39, 0.29) is 23.2 Å². The number of thiazole rings is 1. The zero-order valence-electron chi connectivity index (χ0n) is 22.3. The first-order chi connectivity index (χ1) is 19.2. The van der Waals surface area contributed by atoms with E-state index in [0.717, 1.165) is 11.3 Å². The van der Waals surface area contributed by atoms with Gasteiger partial charge in [0.05, 0.1) is 28.8 Å². The van der Waals surface area contributed by atoms with Gasteiger partial charge in [0.15, 0.2) is 22.2 Å². The quantitative estimate of drug-likeness (QED) is 0.282. The Bertz CT molecular complexity index is 1950. The fraction of sp³-hybridized carbons (Fsp3) is 0.207. The molecule has 0 saturated heterocycles.